The molecule has 15 heavy (non-hydrogen) atoms. The van der Waals surface area contributed by atoms with Crippen LogP contribution in [0.15, 0.2) is 0 Å². The predicted octanol–water partition coefficient (Wildman–Crippen LogP) is 0.926. The number of hydrogen-bond donors (Lipinski definition) is 0. The first-order chi connectivity index (χ1) is 7.09. The number of nitriles is 1. The summed E-state index contributed by atoms with van der Waals surface area (Å²) in [5.41, 5.74) is -0.689. The largest absolute Gasteiger partial charge is 0.375 e. The van der Waals surface area contributed by atoms with Gasteiger partial charge in [-0.25, -0.2) is 0 Å². The Bertz CT molecular complexity index is 317. The van der Waals surface area contributed by atoms with Crippen molar-refractivity contribution >= 4 is 5.91 Å². The summed E-state index contributed by atoms with van der Waals surface area (Å²) in [4.78, 5) is 13.9. The van der Waals surface area contributed by atoms with E-state index in [1.165, 1.54) is 0 Å². The Balaban J connectivity index is 2.09. The maximum Gasteiger partial charge on any atom is 0.243 e. The van der Waals surface area contributed by atoms with Gasteiger partial charge in [0.2, 0.25) is 5.91 Å². The highest BCUT2D eigenvalue weighted by atomic mass is 16.5. The summed E-state index contributed by atoms with van der Waals surface area (Å²) in [6, 6.07) is 2.25. The van der Waals surface area contributed by atoms with Crippen molar-refractivity contribution in [2.24, 2.45) is 5.41 Å². The zero-order chi connectivity index (χ0) is 11.1. The normalized spacial score (nSPS) is 33.3. The summed E-state index contributed by atoms with van der Waals surface area (Å²) in [6.07, 6.45) is 1.53. The Hall–Kier alpha value is -1.08. The number of nitrogens with zero attached hydrogens (tertiary/aromatic N) is 2. The smallest absolute Gasteiger partial charge is 0.243 e. The first-order valence-electron chi connectivity index (χ1n) is 5.43. The molecule has 0 aromatic carbocycles. The van der Waals surface area contributed by atoms with Crippen LogP contribution in [0.5, 0.6) is 0 Å². The fraction of sp³-hybridized carbons (Fsp3) is 0.818. The van der Waals surface area contributed by atoms with Crippen LogP contribution in [0.2, 0.25) is 0 Å². The van der Waals surface area contributed by atoms with Gasteiger partial charge in [-0.15, -0.1) is 0 Å². The van der Waals surface area contributed by atoms with Crippen LogP contribution in [0.3, 0.4) is 0 Å². The van der Waals surface area contributed by atoms with Gasteiger partial charge in [0.1, 0.15) is 5.41 Å². The van der Waals surface area contributed by atoms with Gasteiger partial charge in [0.25, 0.3) is 0 Å². The number of ether oxygens (including phenoxy) is 1. The van der Waals surface area contributed by atoms with Gasteiger partial charge in [-0.2, -0.15) is 5.26 Å². The van der Waals surface area contributed by atoms with Crippen LogP contribution in [0.25, 0.3) is 0 Å². The summed E-state index contributed by atoms with van der Waals surface area (Å²) >= 11 is 0. The van der Waals surface area contributed by atoms with E-state index in [-0.39, 0.29) is 18.1 Å². The quantitative estimate of drug-likeness (QED) is 0.644. The van der Waals surface area contributed by atoms with E-state index in [4.69, 9.17) is 10.00 Å². The van der Waals surface area contributed by atoms with Crippen molar-refractivity contribution in [1.29, 1.82) is 5.26 Å². The molecule has 82 valence electrons. The fourth-order valence-electron chi connectivity index (χ4n) is 1.96. The molecule has 1 saturated heterocycles. The average Bonchev–Trinajstić information content (AvgIpc) is 3.01. The molecule has 0 aromatic heterocycles. The number of carbonyl (C=O) groups is 1. The predicted molar refractivity (Wildman–Crippen MR) is 53.9 cm³/mol. The van der Waals surface area contributed by atoms with Crippen molar-refractivity contribution in [2.45, 2.75) is 38.8 Å². The molecule has 2 unspecified atom stereocenters. The molecule has 2 aliphatic rings. The average molecular weight is 208 g/mol. The first-order valence-corrected chi connectivity index (χ1v) is 5.43. The Morgan fingerprint density at radius 3 is 2.73 bits per heavy atom. The van der Waals surface area contributed by atoms with Gasteiger partial charge in [-0.05, 0) is 26.7 Å². The molecule has 0 spiro atoms. The van der Waals surface area contributed by atoms with Gasteiger partial charge in [0.15, 0.2) is 0 Å². The zero-order valence-electron chi connectivity index (χ0n) is 9.19. The third-order valence-electron chi connectivity index (χ3n) is 3.24. The van der Waals surface area contributed by atoms with E-state index < -0.39 is 5.41 Å². The summed E-state index contributed by atoms with van der Waals surface area (Å²) in [7, 11) is 0. The second-order valence-corrected chi connectivity index (χ2v) is 4.64. The highest BCUT2D eigenvalue weighted by Gasteiger charge is 2.53. The molecule has 2 fully saturated rings. The molecule has 0 N–H and O–H groups in total. The summed E-state index contributed by atoms with van der Waals surface area (Å²) in [5.74, 6) is 0.00708. The minimum Gasteiger partial charge on any atom is -0.375 e. The SMILES string of the molecule is CC1CN(C(=O)C2(C#N)CC2)C(C)CO1. The Kier molecular flexibility index (Phi) is 2.43. The van der Waals surface area contributed by atoms with Crippen LogP contribution >= 0.6 is 0 Å². The zero-order valence-corrected chi connectivity index (χ0v) is 9.19. The maximum atomic E-state index is 12.1. The monoisotopic (exact) mass is 208 g/mol. The van der Waals surface area contributed by atoms with Gasteiger partial charge in [0.05, 0.1) is 24.8 Å². The summed E-state index contributed by atoms with van der Waals surface area (Å²) in [5, 5.41) is 8.98. The first kappa shape index (κ1) is 10.4. The Morgan fingerprint density at radius 2 is 2.20 bits per heavy atom. The number of morpholine rings is 1. The molecule has 1 saturated carbocycles. The lowest BCUT2D eigenvalue weighted by Crippen LogP contribution is -2.52. The Labute approximate surface area is 89.8 Å². The molecule has 2 rings (SSSR count). The summed E-state index contributed by atoms with van der Waals surface area (Å²) in [6.45, 7) is 5.12. The molecule has 4 heteroatoms. The van der Waals surface area contributed by atoms with Crippen LogP contribution in [0.4, 0.5) is 0 Å². The topological polar surface area (TPSA) is 53.3 Å². The van der Waals surface area contributed by atoms with Crippen LogP contribution < -0.4 is 0 Å². The molecule has 1 amide bonds. The van der Waals surface area contributed by atoms with Crippen molar-refractivity contribution in [3.8, 4) is 6.07 Å². The van der Waals surface area contributed by atoms with Crippen molar-refractivity contribution in [3.05, 3.63) is 0 Å². The molecule has 0 bridgehead atoms. The number of hydrogen-bond acceptors (Lipinski definition) is 3. The van der Waals surface area contributed by atoms with E-state index in [1.54, 1.807) is 0 Å². The molecule has 4 nitrogen and oxygen atoms in total. The van der Waals surface area contributed by atoms with Crippen LogP contribution in [-0.2, 0) is 9.53 Å². The van der Waals surface area contributed by atoms with Gasteiger partial charge in [0, 0.05) is 6.54 Å². The van der Waals surface area contributed by atoms with Crippen LogP contribution in [0, 0.1) is 16.7 Å². The molecule has 0 radical (unpaired) electrons. The molecule has 0 aromatic rings. The lowest BCUT2D eigenvalue weighted by Gasteiger charge is -2.37. The van der Waals surface area contributed by atoms with E-state index in [9.17, 15) is 4.79 Å². The van der Waals surface area contributed by atoms with E-state index in [0.717, 1.165) is 12.8 Å². The van der Waals surface area contributed by atoms with Crippen molar-refractivity contribution in [3.63, 3.8) is 0 Å². The van der Waals surface area contributed by atoms with Crippen molar-refractivity contribution < 1.29 is 9.53 Å². The molecule has 1 aliphatic heterocycles. The van der Waals surface area contributed by atoms with Gasteiger partial charge >= 0.3 is 0 Å². The van der Waals surface area contributed by atoms with Gasteiger partial charge < -0.3 is 9.64 Å². The Morgan fingerprint density at radius 1 is 1.53 bits per heavy atom. The number of rotatable bonds is 1. The number of carbonyl (C=O) groups excluding carboxylic acids is 1. The third kappa shape index (κ3) is 1.72. The van der Waals surface area contributed by atoms with Gasteiger partial charge in [-0.3, -0.25) is 4.79 Å². The lowest BCUT2D eigenvalue weighted by molar-refractivity contribution is -0.147. The highest BCUT2D eigenvalue weighted by Crippen LogP contribution is 2.47. The van der Waals surface area contributed by atoms with E-state index in [2.05, 4.69) is 6.07 Å². The lowest BCUT2D eigenvalue weighted by atomic mass is 10.1. The molecular formula is C11H16N2O2. The minimum absolute atomic E-state index is 0.00708. The summed E-state index contributed by atoms with van der Waals surface area (Å²) < 4.78 is 5.46. The third-order valence-corrected chi connectivity index (χ3v) is 3.24. The highest BCUT2D eigenvalue weighted by molar-refractivity contribution is 5.88. The molecule has 1 aliphatic carbocycles. The molecule has 1 heterocycles. The van der Waals surface area contributed by atoms with E-state index in [0.29, 0.717) is 13.2 Å². The second-order valence-electron chi connectivity index (χ2n) is 4.64. The van der Waals surface area contributed by atoms with Crippen LogP contribution in [-0.4, -0.2) is 36.1 Å². The maximum absolute atomic E-state index is 12.1. The standard InChI is InChI=1S/C11H16N2O2/c1-8-6-15-9(2)5-13(8)10(14)11(7-12)3-4-11/h8-9H,3-6H2,1-2H3. The van der Waals surface area contributed by atoms with E-state index >= 15 is 0 Å². The fourth-order valence-corrected chi connectivity index (χ4v) is 1.96. The van der Waals surface area contributed by atoms with Gasteiger partial charge in [-0.1, -0.05) is 0 Å². The van der Waals surface area contributed by atoms with Crippen molar-refractivity contribution in [1.82, 2.24) is 4.90 Å². The second kappa shape index (κ2) is 3.49. The number of amides is 1. The molecule has 2 atom stereocenters. The van der Waals surface area contributed by atoms with E-state index in [1.807, 2.05) is 18.7 Å². The van der Waals surface area contributed by atoms with Crippen LogP contribution in [0.1, 0.15) is 26.7 Å². The van der Waals surface area contributed by atoms with Crippen molar-refractivity contribution in [2.75, 3.05) is 13.2 Å². The molecular weight excluding hydrogens is 192 g/mol. The minimum atomic E-state index is -0.689.